The predicted octanol–water partition coefficient (Wildman–Crippen LogP) is 10.2. The standard InChI is InChI=1S/C29H35Cl4N3O2/c1-2-3-4-5-6-7-8-9-10-11-12-13-26(37)20-14-15-22(31)25(16-20)34-27-19-28(38)36(35-27)29-23(32)17-21(30)18-24(29)33/h14-18H,2-13,19H2,1H3,(H,34,35). The Bertz CT molecular complexity index is 1130. The van der Waals surface area contributed by atoms with E-state index in [1.807, 2.05) is 0 Å². The number of amides is 1. The molecule has 38 heavy (non-hydrogen) atoms. The molecule has 1 fully saturated rings. The smallest absolute Gasteiger partial charge is 0.253 e. The average Bonchev–Trinajstić information content (AvgIpc) is 3.22. The maximum Gasteiger partial charge on any atom is 0.253 e. The zero-order valence-corrected chi connectivity index (χ0v) is 24.8. The molecule has 9 heteroatoms. The van der Waals surface area contributed by atoms with Crippen molar-refractivity contribution in [2.75, 3.05) is 5.01 Å². The molecule has 0 aliphatic carbocycles. The number of hydrogen-bond acceptors (Lipinski definition) is 3. The summed E-state index contributed by atoms with van der Waals surface area (Å²) in [6.45, 7) is 2.24. The third kappa shape index (κ3) is 9.15. The van der Waals surface area contributed by atoms with Gasteiger partial charge in [0.15, 0.2) is 5.78 Å². The largest absolute Gasteiger partial charge is 0.294 e. The summed E-state index contributed by atoms with van der Waals surface area (Å²) < 4.78 is 0. The number of hydrogen-bond donors (Lipinski definition) is 1. The van der Waals surface area contributed by atoms with Gasteiger partial charge in [0.05, 0.1) is 27.2 Å². The van der Waals surface area contributed by atoms with Crippen LogP contribution >= 0.6 is 46.4 Å². The minimum atomic E-state index is -0.283. The zero-order valence-electron chi connectivity index (χ0n) is 21.8. The van der Waals surface area contributed by atoms with Crippen LogP contribution in [0.2, 0.25) is 20.1 Å². The first-order valence-electron chi connectivity index (χ1n) is 13.4. The quantitative estimate of drug-likeness (QED) is 0.164. The summed E-state index contributed by atoms with van der Waals surface area (Å²) in [5, 5.41) is 2.47. The van der Waals surface area contributed by atoms with E-state index in [0.717, 1.165) is 12.8 Å². The van der Waals surface area contributed by atoms with Crippen LogP contribution in [0.25, 0.3) is 0 Å². The number of rotatable bonds is 15. The Morgan fingerprint density at radius 3 is 2.03 bits per heavy atom. The van der Waals surface area contributed by atoms with Crippen LogP contribution in [-0.4, -0.2) is 17.5 Å². The molecule has 1 heterocycles. The van der Waals surface area contributed by atoms with E-state index in [1.165, 1.54) is 74.9 Å². The fourth-order valence-electron chi connectivity index (χ4n) is 4.46. The Hall–Kier alpha value is -1.79. The number of aliphatic imine (C=N–C) groups is 1. The van der Waals surface area contributed by atoms with E-state index in [1.54, 1.807) is 18.2 Å². The SMILES string of the molecule is CCCCCCCCCCCCCC(=O)c1ccc(Cl)c(N=C2CC(=O)N(c3c(Cl)cc(Cl)cc3Cl)N2)c1. The minimum absolute atomic E-state index is 0.00251. The molecule has 2 aromatic rings. The van der Waals surface area contributed by atoms with Gasteiger partial charge in [0.2, 0.25) is 0 Å². The van der Waals surface area contributed by atoms with Crippen molar-refractivity contribution in [3.8, 4) is 0 Å². The summed E-state index contributed by atoms with van der Waals surface area (Å²) in [4.78, 5) is 30.0. The van der Waals surface area contributed by atoms with Crippen molar-refractivity contribution in [3.63, 3.8) is 0 Å². The summed E-state index contributed by atoms with van der Waals surface area (Å²) in [7, 11) is 0. The van der Waals surface area contributed by atoms with Crippen molar-refractivity contribution >= 4 is 75.3 Å². The molecule has 0 unspecified atom stereocenters. The molecule has 0 spiro atoms. The fraction of sp³-hybridized carbons (Fsp3) is 0.483. The zero-order chi connectivity index (χ0) is 27.5. The van der Waals surface area contributed by atoms with Gasteiger partial charge in [-0.2, -0.15) is 0 Å². The van der Waals surface area contributed by atoms with Crippen LogP contribution in [0.3, 0.4) is 0 Å². The van der Waals surface area contributed by atoms with Crippen LogP contribution in [0.4, 0.5) is 11.4 Å². The van der Waals surface area contributed by atoms with Crippen LogP contribution in [0, 0.1) is 0 Å². The van der Waals surface area contributed by atoms with E-state index in [4.69, 9.17) is 46.4 Å². The molecule has 0 bridgehead atoms. The summed E-state index contributed by atoms with van der Waals surface area (Å²) in [6.07, 6.45) is 14.1. The second-order valence-electron chi connectivity index (χ2n) is 9.67. The van der Waals surface area contributed by atoms with Gasteiger partial charge in [-0.1, -0.05) is 118 Å². The Balaban J connectivity index is 1.50. The summed E-state index contributed by atoms with van der Waals surface area (Å²) in [5.41, 5.74) is 4.22. The molecular weight excluding hydrogens is 564 g/mol. The number of nitrogens with zero attached hydrogens (tertiary/aromatic N) is 2. The van der Waals surface area contributed by atoms with Gasteiger partial charge in [-0.3, -0.25) is 15.0 Å². The van der Waals surface area contributed by atoms with E-state index >= 15 is 0 Å². The molecule has 1 aliphatic heterocycles. The van der Waals surface area contributed by atoms with Crippen LogP contribution in [0.15, 0.2) is 35.3 Å². The highest BCUT2D eigenvalue weighted by Crippen LogP contribution is 2.37. The molecule has 0 radical (unpaired) electrons. The summed E-state index contributed by atoms with van der Waals surface area (Å²) in [6, 6.07) is 8.08. The molecule has 2 aromatic carbocycles. The van der Waals surface area contributed by atoms with Crippen LogP contribution < -0.4 is 10.4 Å². The van der Waals surface area contributed by atoms with Crippen molar-refractivity contribution in [1.82, 2.24) is 5.43 Å². The lowest BCUT2D eigenvalue weighted by Crippen LogP contribution is -2.36. The van der Waals surface area contributed by atoms with Gasteiger partial charge < -0.3 is 0 Å². The van der Waals surface area contributed by atoms with E-state index in [-0.39, 0.29) is 28.2 Å². The lowest BCUT2D eigenvalue weighted by molar-refractivity contribution is -0.116. The Morgan fingerprint density at radius 2 is 1.42 bits per heavy atom. The van der Waals surface area contributed by atoms with Gasteiger partial charge in [-0.05, 0) is 36.8 Å². The number of ketones is 1. The number of carbonyl (C=O) groups is 2. The molecule has 206 valence electrons. The lowest BCUT2D eigenvalue weighted by atomic mass is 10.0. The number of unbranched alkanes of at least 4 members (excludes halogenated alkanes) is 10. The molecule has 0 aromatic heterocycles. The van der Waals surface area contributed by atoms with Gasteiger partial charge in [0.1, 0.15) is 11.5 Å². The van der Waals surface area contributed by atoms with Gasteiger partial charge in [0.25, 0.3) is 5.91 Å². The van der Waals surface area contributed by atoms with Crippen molar-refractivity contribution in [2.45, 2.75) is 90.4 Å². The number of nitrogens with one attached hydrogen (secondary N) is 1. The molecule has 5 nitrogen and oxygen atoms in total. The Kier molecular flexibility index (Phi) is 12.7. The highest BCUT2D eigenvalue weighted by Gasteiger charge is 2.30. The summed E-state index contributed by atoms with van der Waals surface area (Å²) in [5.74, 6) is 0.152. The molecule has 1 amide bonds. The number of carbonyl (C=O) groups excluding carboxylic acids is 2. The van der Waals surface area contributed by atoms with Crippen LogP contribution in [0.1, 0.15) is 101 Å². The third-order valence-electron chi connectivity index (χ3n) is 6.55. The average molecular weight is 599 g/mol. The number of halogens is 4. The highest BCUT2D eigenvalue weighted by atomic mass is 35.5. The first-order chi connectivity index (χ1) is 18.3. The molecule has 1 aliphatic rings. The normalized spacial score (nSPS) is 14.4. The highest BCUT2D eigenvalue weighted by molar-refractivity contribution is 6.42. The van der Waals surface area contributed by atoms with E-state index in [9.17, 15) is 9.59 Å². The summed E-state index contributed by atoms with van der Waals surface area (Å²) >= 11 is 24.9. The molecule has 3 rings (SSSR count). The predicted molar refractivity (Wildman–Crippen MR) is 161 cm³/mol. The number of amidine groups is 1. The van der Waals surface area contributed by atoms with Crippen molar-refractivity contribution in [1.29, 1.82) is 0 Å². The number of hydrazine groups is 1. The van der Waals surface area contributed by atoms with Crippen molar-refractivity contribution < 1.29 is 9.59 Å². The second-order valence-corrected chi connectivity index (χ2v) is 11.3. The third-order valence-corrected chi connectivity index (χ3v) is 7.66. The number of Topliss-reactive ketones (excluding diaryl/α,β-unsaturated/α-hetero) is 1. The van der Waals surface area contributed by atoms with E-state index < -0.39 is 0 Å². The number of anilines is 1. The first kappa shape index (κ1) is 30.7. The van der Waals surface area contributed by atoms with Crippen molar-refractivity contribution in [2.24, 2.45) is 4.99 Å². The fourth-order valence-corrected chi connectivity index (χ4v) is 5.60. The van der Waals surface area contributed by atoms with Gasteiger partial charge >= 0.3 is 0 Å². The Morgan fingerprint density at radius 1 is 0.842 bits per heavy atom. The topological polar surface area (TPSA) is 61.8 Å². The minimum Gasteiger partial charge on any atom is -0.294 e. The van der Waals surface area contributed by atoms with E-state index in [2.05, 4.69) is 17.3 Å². The molecule has 1 saturated heterocycles. The number of benzene rings is 2. The van der Waals surface area contributed by atoms with Crippen LogP contribution in [0.5, 0.6) is 0 Å². The lowest BCUT2D eigenvalue weighted by Gasteiger charge is -2.19. The van der Waals surface area contributed by atoms with Gasteiger partial charge in [-0.25, -0.2) is 10.0 Å². The van der Waals surface area contributed by atoms with Gasteiger partial charge in [0, 0.05) is 17.0 Å². The first-order valence-corrected chi connectivity index (χ1v) is 15.0. The molecule has 1 N–H and O–H groups in total. The monoisotopic (exact) mass is 597 g/mol. The maximum absolute atomic E-state index is 12.8. The van der Waals surface area contributed by atoms with Crippen molar-refractivity contribution in [3.05, 3.63) is 56.0 Å². The van der Waals surface area contributed by atoms with Gasteiger partial charge in [-0.15, -0.1) is 0 Å². The maximum atomic E-state index is 12.8. The second kappa shape index (κ2) is 15.7. The molecule has 0 saturated carbocycles. The van der Waals surface area contributed by atoms with Crippen LogP contribution in [-0.2, 0) is 4.79 Å². The van der Waals surface area contributed by atoms with E-state index in [0.29, 0.717) is 39.2 Å². The Labute approximate surface area is 245 Å². The molecule has 0 atom stereocenters. The molecular formula is C29H35Cl4N3O2.